The van der Waals surface area contributed by atoms with Gasteiger partial charge in [0.1, 0.15) is 17.2 Å². The minimum absolute atomic E-state index is 0.531. The summed E-state index contributed by atoms with van der Waals surface area (Å²) in [7, 11) is 0. The Morgan fingerprint density at radius 1 is 0.535 bits per heavy atom. The van der Waals surface area contributed by atoms with E-state index in [2.05, 4.69) is 78.0 Å². The molecule has 0 aliphatic heterocycles. The number of benzene rings is 5. The highest BCUT2D eigenvalue weighted by molar-refractivity contribution is 5.75. The highest BCUT2D eigenvalue weighted by Crippen LogP contribution is 2.30. The Morgan fingerprint density at radius 2 is 1.16 bits per heavy atom. The largest absolute Gasteiger partial charge is 0.458 e. The third-order valence-corrected chi connectivity index (χ3v) is 6.99. The van der Waals surface area contributed by atoms with Crippen molar-refractivity contribution in [3.05, 3.63) is 171 Å². The SMILES string of the molecule is [c-]1n(-c2cccc(Oc3cccc(Oc4ccccn4)c3)c2)cc[n+]1-c1cc(-c2ccccc2)cc(-c2ccccc2)c1. The smallest absolute Gasteiger partial charge is 0.268 e. The van der Waals surface area contributed by atoms with Gasteiger partial charge in [-0.15, -0.1) is 0 Å². The summed E-state index contributed by atoms with van der Waals surface area (Å²) in [5, 5.41) is 0. The van der Waals surface area contributed by atoms with E-state index >= 15 is 0 Å². The fourth-order valence-corrected chi connectivity index (χ4v) is 4.91. The van der Waals surface area contributed by atoms with Gasteiger partial charge in [0.25, 0.3) is 6.33 Å². The predicted molar refractivity (Wildman–Crippen MR) is 168 cm³/mol. The van der Waals surface area contributed by atoms with Crippen LogP contribution in [0.3, 0.4) is 0 Å². The Morgan fingerprint density at radius 3 is 1.84 bits per heavy atom. The normalized spacial score (nSPS) is 10.8. The number of imidazole rings is 1. The molecule has 5 nitrogen and oxygen atoms in total. The number of hydrogen-bond acceptors (Lipinski definition) is 3. The van der Waals surface area contributed by atoms with Gasteiger partial charge >= 0.3 is 0 Å². The summed E-state index contributed by atoms with van der Waals surface area (Å²) in [6, 6.07) is 48.5. The lowest BCUT2D eigenvalue weighted by Crippen LogP contribution is -2.28. The van der Waals surface area contributed by atoms with Crippen LogP contribution in [0.2, 0.25) is 0 Å². The van der Waals surface area contributed by atoms with Crippen molar-refractivity contribution < 1.29 is 14.0 Å². The summed E-state index contributed by atoms with van der Waals surface area (Å²) in [5.41, 5.74) is 6.59. The Hall–Kier alpha value is -5.94. The van der Waals surface area contributed by atoms with E-state index in [4.69, 9.17) is 9.47 Å². The molecule has 206 valence electrons. The number of nitrogens with zero attached hydrogens (tertiary/aromatic N) is 3. The van der Waals surface area contributed by atoms with Gasteiger partial charge in [0.15, 0.2) is 0 Å². The fourth-order valence-electron chi connectivity index (χ4n) is 4.91. The predicted octanol–water partition coefficient (Wildman–Crippen LogP) is 8.87. The van der Waals surface area contributed by atoms with Crippen LogP contribution in [0.4, 0.5) is 0 Å². The van der Waals surface area contributed by atoms with Crippen LogP contribution in [0.25, 0.3) is 33.6 Å². The lowest BCUT2D eigenvalue weighted by molar-refractivity contribution is -0.599. The van der Waals surface area contributed by atoms with Crippen molar-refractivity contribution in [2.75, 3.05) is 0 Å². The Labute approximate surface area is 250 Å². The second-order valence-electron chi connectivity index (χ2n) is 9.98. The molecule has 0 radical (unpaired) electrons. The number of hydrogen-bond donors (Lipinski definition) is 0. The van der Waals surface area contributed by atoms with Crippen LogP contribution in [0.15, 0.2) is 164 Å². The van der Waals surface area contributed by atoms with Gasteiger partial charge in [0.05, 0.1) is 11.4 Å². The first-order valence-electron chi connectivity index (χ1n) is 14.0. The number of ether oxygens (including phenoxy) is 2. The maximum Gasteiger partial charge on any atom is 0.268 e. The van der Waals surface area contributed by atoms with Gasteiger partial charge in [-0.1, -0.05) is 78.9 Å². The molecule has 0 saturated carbocycles. The first kappa shape index (κ1) is 26.0. The molecule has 5 aromatic carbocycles. The van der Waals surface area contributed by atoms with Gasteiger partial charge in [0.2, 0.25) is 5.88 Å². The lowest BCUT2D eigenvalue weighted by Gasteiger charge is -2.11. The van der Waals surface area contributed by atoms with Crippen molar-refractivity contribution in [1.29, 1.82) is 0 Å². The molecule has 0 aliphatic rings. The van der Waals surface area contributed by atoms with Crippen molar-refractivity contribution in [2.45, 2.75) is 0 Å². The second kappa shape index (κ2) is 11.9. The zero-order valence-electron chi connectivity index (χ0n) is 23.2. The van der Waals surface area contributed by atoms with Crippen molar-refractivity contribution in [3.8, 4) is 56.8 Å². The van der Waals surface area contributed by atoms with Crippen molar-refractivity contribution in [3.63, 3.8) is 0 Å². The molecule has 5 heteroatoms. The molecule has 0 unspecified atom stereocenters. The summed E-state index contributed by atoms with van der Waals surface area (Å²) in [6.07, 6.45) is 9.20. The molecular weight excluding hydrogens is 530 g/mol. The molecule has 0 atom stereocenters. The van der Waals surface area contributed by atoms with Crippen LogP contribution in [0.1, 0.15) is 0 Å². The monoisotopic (exact) mass is 557 g/mol. The third-order valence-electron chi connectivity index (χ3n) is 6.99. The van der Waals surface area contributed by atoms with Crippen LogP contribution in [0.5, 0.6) is 23.1 Å². The molecule has 0 amide bonds. The standard InChI is InChI=1S/C38H27N3O2/c1-3-11-29(12-4-1)31-23-32(30-13-5-2-6-14-30)25-34(24-31)41-22-21-40(28-41)33-15-9-16-35(26-33)42-36-17-10-18-37(27-36)43-38-19-7-8-20-39-38/h1-27H. The fraction of sp³-hybridized carbons (Fsp3) is 0. The van der Waals surface area contributed by atoms with E-state index in [-0.39, 0.29) is 0 Å². The molecule has 0 fully saturated rings. The van der Waals surface area contributed by atoms with Crippen LogP contribution in [-0.4, -0.2) is 9.55 Å². The number of pyridine rings is 1. The van der Waals surface area contributed by atoms with Crippen molar-refractivity contribution >= 4 is 0 Å². The molecule has 2 aromatic heterocycles. The highest BCUT2D eigenvalue weighted by Gasteiger charge is 2.10. The minimum Gasteiger partial charge on any atom is -0.458 e. The quantitative estimate of drug-likeness (QED) is 0.138. The van der Waals surface area contributed by atoms with Crippen LogP contribution < -0.4 is 14.0 Å². The average Bonchev–Trinajstić information content (AvgIpc) is 3.57. The third kappa shape index (κ3) is 6.06. The first-order valence-corrected chi connectivity index (χ1v) is 14.0. The van der Waals surface area contributed by atoms with Gasteiger partial charge < -0.3 is 9.47 Å². The molecule has 0 N–H and O–H groups in total. The topological polar surface area (TPSA) is 40.2 Å². The summed E-state index contributed by atoms with van der Waals surface area (Å²) < 4.78 is 16.1. The first-order chi connectivity index (χ1) is 21.3. The summed E-state index contributed by atoms with van der Waals surface area (Å²) >= 11 is 0. The molecule has 0 saturated heterocycles. The Balaban J connectivity index is 1.16. The van der Waals surface area contributed by atoms with Gasteiger partial charge in [-0.05, 0) is 76.9 Å². The van der Waals surface area contributed by atoms with Gasteiger partial charge in [-0.25, -0.2) is 4.98 Å². The van der Waals surface area contributed by atoms with E-state index in [9.17, 15) is 0 Å². The molecule has 0 bridgehead atoms. The van der Waals surface area contributed by atoms with Crippen LogP contribution in [0, 0.1) is 6.33 Å². The van der Waals surface area contributed by atoms with Gasteiger partial charge in [-0.3, -0.25) is 9.13 Å². The van der Waals surface area contributed by atoms with E-state index in [1.54, 1.807) is 6.20 Å². The summed E-state index contributed by atoms with van der Waals surface area (Å²) in [6.45, 7) is 0. The van der Waals surface area contributed by atoms with E-state index in [0.717, 1.165) is 22.5 Å². The highest BCUT2D eigenvalue weighted by atomic mass is 16.5. The summed E-state index contributed by atoms with van der Waals surface area (Å²) in [5.74, 6) is 2.56. The maximum absolute atomic E-state index is 6.21. The van der Waals surface area contributed by atoms with E-state index in [0.29, 0.717) is 23.1 Å². The zero-order valence-corrected chi connectivity index (χ0v) is 23.2. The molecule has 43 heavy (non-hydrogen) atoms. The zero-order chi connectivity index (χ0) is 28.8. The molecule has 0 aliphatic carbocycles. The minimum atomic E-state index is 0.531. The Kier molecular flexibility index (Phi) is 7.19. The van der Waals surface area contributed by atoms with Crippen molar-refractivity contribution in [2.24, 2.45) is 0 Å². The molecule has 7 rings (SSSR count). The van der Waals surface area contributed by atoms with E-state index in [1.807, 2.05) is 100 Å². The van der Waals surface area contributed by atoms with Crippen molar-refractivity contribution in [1.82, 2.24) is 9.55 Å². The molecule has 7 aromatic rings. The van der Waals surface area contributed by atoms with E-state index < -0.39 is 0 Å². The second-order valence-corrected chi connectivity index (χ2v) is 9.98. The summed E-state index contributed by atoms with van der Waals surface area (Å²) in [4.78, 5) is 4.23. The maximum atomic E-state index is 6.21. The van der Waals surface area contributed by atoms with Crippen LogP contribution in [-0.2, 0) is 0 Å². The average molecular weight is 558 g/mol. The van der Waals surface area contributed by atoms with Gasteiger partial charge in [0, 0.05) is 30.7 Å². The van der Waals surface area contributed by atoms with Gasteiger partial charge in [-0.2, -0.15) is 0 Å². The Bertz CT molecular complexity index is 1910. The van der Waals surface area contributed by atoms with Crippen LogP contribution >= 0.6 is 0 Å². The molecule has 2 heterocycles. The lowest BCUT2D eigenvalue weighted by atomic mass is 9.98. The number of aromatic nitrogens is 3. The van der Waals surface area contributed by atoms with E-state index in [1.165, 1.54) is 11.1 Å². The molecule has 0 spiro atoms. The number of rotatable bonds is 8. The molecular formula is C38H27N3O2.